The Morgan fingerprint density at radius 2 is 1.83 bits per heavy atom. The highest BCUT2D eigenvalue weighted by Crippen LogP contribution is 2.57. The summed E-state index contributed by atoms with van der Waals surface area (Å²) in [4.78, 5) is 15.8. The molecule has 1 aliphatic carbocycles. The van der Waals surface area contributed by atoms with Gasteiger partial charge in [-0.25, -0.2) is 5.84 Å². The summed E-state index contributed by atoms with van der Waals surface area (Å²) in [5.74, 6) is 9.49. The number of anilines is 2. The molecule has 0 aromatic heterocycles. The number of aryl methyl sites for hydroxylation is 1. The Hall–Kier alpha value is -3.51. The lowest BCUT2D eigenvalue weighted by Gasteiger charge is -2.42. The average molecular weight is 469 g/mol. The van der Waals surface area contributed by atoms with E-state index < -0.39 is 5.54 Å². The number of nitrogens with zero attached hydrogens (tertiary/aromatic N) is 2. The van der Waals surface area contributed by atoms with Gasteiger partial charge in [0.15, 0.2) is 0 Å². The van der Waals surface area contributed by atoms with Gasteiger partial charge in [-0.1, -0.05) is 31.2 Å². The van der Waals surface area contributed by atoms with E-state index in [9.17, 15) is 4.79 Å². The van der Waals surface area contributed by atoms with E-state index in [1.807, 2.05) is 42.5 Å². The van der Waals surface area contributed by atoms with Gasteiger partial charge in [-0.15, -0.1) is 0 Å². The van der Waals surface area contributed by atoms with Crippen molar-refractivity contribution in [2.24, 2.45) is 17.7 Å². The largest absolute Gasteiger partial charge is 0.456 e. The predicted molar refractivity (Wildman–Crippen MR) is 139 cm³/mol. The number of amides is 1. The van der Waals surface area contributed by atoms with Crippen molar-refractivity contribution < 1.29 is 9.53 Å². The van der Waals surface area contributed by atoms with Crippen molar-refractivity contribution in [1.29, 1.82) is 0 Å². The van der Waals surface area contributed by atoms with E-state index >= 15 is 0 Å². The van der Waals surface area contributed by atoms with E-state index in [0.29, 0.717) is 22.7 Å². The predicted octanol–water partition coefficient (Wildman–Crippen LogP) is 5.18. The molecule has 2 heterocycles. The van der Waals surface area contributed by atoms with Gasteiger partial charge < -0.3 is 15.4 Å². The third-order valence-electron chi connectivity index (χ3n) is 8.20. The topological polar surface area (TPSA) is 84.8 Å². The van der Waals surface area contributed by atoms with Crippen molar-refractivity contribution in [3.8, 4) is 11.5 Å². The summed E-state index contributed by atoms with van der Waals surface area (Å²) >= 11 is 0. The molecule has 1 spiro atoms. The van der Waals surface area contributed by atoms with E-state index in [1.165, 1.54) is 17.9 Å². The lowest BCUT2D eigenvalue weighted by molar-refractivity contribution is 0.0665. The van der Waals surface area contributed by atoms with Crippen molar-refractivity contribution in [3.05, 3.63) is 82.4 Å². The summed E-state index contributed by atoms with van der Waals surface area (Å²) in [7, 11) is 0. The first-order valence-corrected chi connectivity index (χ1v) is 12.5. The second-order valence-corrected chi connectivity index (χ2v) is 10.3. The monoisotopic (exact) mass is 468 g/mol. The van der Waals surface area contributed by atoms with Crippen LogP contribution in [0.4, 0.5) is 11.4 Å². The molecule has 3 aliphatic rings. The van der Waals surface area contributed by atoms with Crippen LogP contribution in [0.2, 0.25) is 0 Å². The quantitative estimate of drug-likeness (QED) is 0.306. The van der Waals surface area contributed by atoms with Crippen molar-refractivity contribution in [2.75, 3.05) is 23.7 Å². The van der Waals surface area contributed by atoms with E-state index in [2.05, 4.69) is 37.8 Å². The number of carbonyl (C=O) groups excluding carboxylic acids is 1. The average Bonchev–Trinajstić information content (AvgIpc) is 3.52. The maximum absolute atomic E-state index is 13.4. The van der Waals surface area contributed by atoms with Crippen LogP contribution in [0.1, 0.15) is 59.3 Å². The summed E-state index contributed by atoms with van der Waals surface area (Å²) in [6.07, 6.45) is 2.54. The first-order valence-electron chi connectivity index (χ1n) is 12.5. The minimum Gasteiger partial charge on any atom is -0.456 e. The summed E-state index contributed by atoms with van der Waals surface area (Å²) < 4.78 is 6.49. The summed E-state index contributed by atoms with van der Waals surface area (Å²) in [6, 6.07) is 17.5. The molecule has 2 aliphatic heterocycles. The van der Waals surface area contributed by atoms with Gasteiger partial charge in [0.05, 0.1) is 0 Å². The fraction of sp³-hybridized carbons (Fsp3) is 0.345. The zero-order valence-corrected chi connectivity index (χ0v) is 20.5. The number of hydrogen-bond donors (Lipinski definition) is 2. The zero-order chi connectivity index (χ0) is 24.5. The van der Waals surface area contributed by atoms with E-state index in [1.54, 1.807) is 0 Å². The number of benzene rings is 3. The molecule has 0 saturated heterocycles. The molecule has 6 rings (SSSR count). The number of hydrazine groups is 1. The van der Waals surface area contributed by atoms with Gasteiger partial charge in [0.2, 0.25) is 0 Å². The van der Waals surface area contributed by atoms with Gasteiger partial charge in [-0.05, 0) is 62.3 Å². The first-order chi connectivity index (χ1) is 16.9. The van der Waals surface area contributed by atoms with Crippen molar-refractivity contribution >= 4 is 17.3 Å². The lowest BCUT2D eigenvalue weighted by atomic mass is 9.75. The molecule has 6 heteroatoms. The molecule has 1 fully saturated rings. The maximum atomic E-state index is 13.4. The maximum Gasteiger partial charge on any atom is 0.269 e. The summed E-state index contributed by atoms with van der Waals surface area (Å²) in [5.41, 5.74) is 11.3. The Kier molecular flexibility index (Phi) is 4.87. The molecule has 3 aromatic rings. The van der Waals surface area contributed by atoms with Crippen molar-refractivity contribution in [3.63, 3.8) is 0 Å². The number of carbonyl (C=O) groups is 1. The van der Waals surface area contributed by atoms with Gasteiger partial charge in [0.25, 0.3) is 5.91 Å². The highest BCUT2D eigenvalue weighted by atomic mass is 16.5. The Morgan fingerprint density at radius 1 is 1.09 bits per heavy atom. The number of nitrogen functional groups attached to an aromatic ring is 1. The number of nitrogens with two attached hydrogens (primary N) is 2. The highest BCUT2D eigenvalue weighted by Gasteiger charge is 2.55. The number of rotatable bonds is 5. The van der Waals surface area contributed by atoms with Crippen LogP contribution >= 0.6 is 0 Å². The second kappa shape index (κ2) is 7.75. The normalized spacial score (nSPS) is 23.5. The van der Waals surface area contributed by atoms with Gasteiger partial charge in [-0.2, -0.15) is 0 Å². The molecular formula is C29H32N4O2. The second-order valence-electron chi connectivity index (χ2n) is 10.3. The van der Waals surface area contributed by atoms with E-state index in [-0.39, 0.29) is 5.91 Å². The first kappa shape index (κ1) is 22.0. The third kappa shape index (κ3) is 3.09. The van der Waals surface area contributed by atoms with Gasteiger partial charge in [0, 0.05) is 58.9 Å². The Bertz CT molecular complexity index is 1350. The van der Waals surface area contributed by atoms with Crippen LogP contribution in [0.25, 0.3) is 0 Å². The smallest absolute Gasteiger partial charge is 0.269 e. The van der Waals surface area contributed by atoms with Gasteiger partial charge in [0.1, 0.15) is 17.0 Å². The van der Waals surface area contributed by atoms with Crippen LogP contribution in [0.3, 0.4) is 0 Å². The molecule has 0 bridgehead atoms. The summed E-state index contributed by atoms with van der Waals surface area (Å²) in [6.45, 7) is 8.60. The van der Waals surface area contributed by atoms with Crippen LogP contribution < -0.4 is 21.2 Å². The number of fused-ring (bicyclic) bond motifs is 6. The molecule has 2 unspecified atom stereocenters. The minimum atomic E-state index is -0.978. The molecule has 1 amide bonds. The molecule has 1 saturated carbocycles. The number of ether oxygens (including phenoxy) is 1. The van der Waals surface area contributed by atoms with Gasteiger partial charge in [-0.3, -0.25) is 9.80 Å². The molecule has 4 N–H and O–H groups in total. The standard InChI is InChI=1S/C29H32N4O2/c1-4-32(12-11-19-13-17(19)2)25-16-27-24(14-18(25)3)29(23-10-9-20(30)15-26(23)35-27)22-8-6-5-7-21(22)28(34)33(29)31/h5-10,14-17,19H,4,11-13,30-31H2,1-3H3/t17?,19-,29?/m0/s1. The van der Waals surface area contributed by atoms with Crippen LogP contribution in [0, 0.1) is 18.8 Å². The molecule has 35 heavy (non-hydrogen) atoms. The fourth-order valence-corrected chi connectivity index (χ4v) is 6.09. The zero-order valence-electron chi connectivity index (χ0n) is 20.5. The van der Waals surface area contributed by atoms with Crippen LogP contribution in [-0.2, 0) is 5.54 Å². The Balaban J connectivity index is 1.54. The highest BCUT2D eigenvalue weighted by molar-refractivity contribution is 6.02. The van der Waals surface area contributed by atoms with Crippen LogP contribution in [0.15, 0.2) is 54.6 Å². The third-order valence-corrected chi connectivity index (χ3v) is 8.20. The van der Waals surface area contributed by atoms with Crippen molar-refractivity contribution in [2.45, 2.75) is 39.2 Å². The molecular weight excluding hydrogens is 436 g/mol. The van der Waals surface area contributed by atoms with Gasteiger partial charge >= 0.3 is 0 Å². The Labute approximate surface area is 206 Å². The van der Waals surface area contributed by atoms with E-state index in [4.69, 9.17) is 16.3 Å². The van der Waals surface area contributed by atoms with Crippen molar-refractivity contribution in [1.82, 2.24) is 5.01 Å². The lowest BCUT2D eigenvalue weighted by Crippen LogP contribution is -2.51. The summed E-state index contributed by atoms with van der Waals surface area (Å²) in [5, 5.41) is 1.37. The van der Waals surface area contributed by atoms with E-state index in [0.717, 1.165) is 52.9 Å². The number of hydrogen-bond acceptors (Lipinski definition) is 5. The van der Waals surface area contributed by atoms with Crippen LogP contribution in [0.5, 0.6) is 11.5 Å². The minimum absolute atomic E-state index is 0.202. The molecule has 3 atom stereocenters. The molecule has 6 nitrogen and oxygen atoms in total. The molecule has 3 aromatic carbocycles. The SMILES string of the molecule is CCN(CC[C@H]1CC1C)c1cc2c(cc1C)C1(c3ccc(N)cc3O2)c2ccccc2C(=O)N1N. The van der Waals surface area contributed by atoms with Crippen LogP contribution in [-0.4, -0.2) is 24.0 Å². The molecule has 180 valence electrons. The fourth-order valence-electron chi connectivity index (χ4n) is 6.09. The Morgan fingerprint density at radius 3 is 2.57 bits per heavy atom. The molecule has 0 radical (unpaired) electrons.